The number of hydrogen-bond donors (Lipinski definition) is 3. The lowest BCUT2D eigenvalue weighted by Gasteiger charge is -2.37. The van der Waals surface area contributed by atoms with E-state index in [4.69, 9.17) is 9.47 Å². The van der Waals surface area contributed by atoms with Gasteiger partial charge < -0.3 is 25.2 Å². The summed E-state index contributed by atoms with van der Waals surface area (Å²) in [5.41, 5.74) is -0.946. The van der Waals surface area contributed by atoms with Gasteiger partial charge in [-0.3, -0.25) is 9.59 Å². The fraction of sp³-hybridized carbons (Fsp3) is 0.550. The molecular formula is C20H28N2O6. The highest BCUT2D eigenvalue weighted by molar-refractivity contribution is 5.97. The quantitative estimate of drug-likeness (QED) is 0.623. The number of nitrogens with one attached hydrogen (secondary N) is 2. The van der Waals surface area contributed by atoms with Gasteiger partial charge in [0.25, 0.3) is 5.91 Å². The van der Waals surface area contributed by atoms with E-state index in [0.717, 1.165) is 19.3 Å². The van der Waals surface area contributed by atoms with Crippen molar-refractivity contribution in [2.75, 3.05) is 20.8 Å². The molecule has 0 aromatic heterocycles. The summed E-state index contributed by atoms with van der Waals surface area (Å²) in [7, 11) is 2.96. The second kappa shape index (κ2) is 9.43. The van der Waals surface area contributed by atoms with Crippen LogP contribution in [-0.2, 0) is 9.59 Å². The van der Waals surface area contributed by atoms with E-state index in [-0.39, 0.29) is 6.54 Å². The number of ether oxygens (including phenoxy) is 2. The van der Waals surface area contributed by atoms with Gasteiger partial charge in [-0.15, -0.1) is 0 Å². The summed E-state index contributed by atoms with van der Waals surface area (Å²) in [6, 6.07) is 4.66. The first-order valence-corrected chi connectivity index (χ1v) is 9.39. The number of hydrogen-bond acceptors (Lipinski definition) is 5. The molecule has 28 heavy (non-hydrogen) atoms. The van der Waals surface area contributed by atoms with Gasteiger partial charge in [0.05, 0.1) is 20.8 Å². The van der Waals surface area contributed by atoms with Crippen LogP contribution >= 0.6 is 0 Å². The topological polar surface area (TPSA) is 114 Å². The van der Waals surface area contributed by atoms with Gasteiger partial charge in [0, 0.05) is 5.56 Å². The lowest BCUT2D eigenvalue weighted by Crippen LogP contribution is -2.58. The summed E-state index contributed by atoms with van der Waals surface area (Å²) >= 11 is 0. The molecule has 1 fully saturated rings. The van der Waals surface area contributed by atoms with Crippen molar-refractivity contribution in [3.8, 4) is 11.5 Å². The Bertz CT molecular complexity index is 725. The summed E-state index contributed by atoms with van der Waals surface area (Å²) in [6.45, 7) is 1.78. The van der Waals surface area contributed by atoms with Gasteiger partial charge in [-0.05, 0) is 49.8 Å². The highest BCUT2D eigenvalue weighted by Gasteiger charge is 2.42. The average Bonchev–Trinajstić information content (AvgIpc) is 2.71. The van der Waals surface area contributed by atoms with Gasteiger partial charge >= 0.3 is 5.97 Å². The average molecular weight is 392 g/mol. The van der Waals surface area contributed by atoms with Gasteiger partial charge in [0.15, 0.2) is 11.5 Å². The minimum atomic E-state index is -1.25. The molecule has 3 N–H and O–H groups in total. The predicted octanol–water partition coefficient (Wildman–Crippen LogP) is 1.97. The van der Waals surface area contributed by atoms with Crippen molar-refractivity contribution < 1.29 is 29.0 Å². The Balaban J connectivity index is 1.95. The van der Waals surface area contributed by atoms with E-state index in [2.05, 4.69) is 17.6 Å². The van der Waals surface area contributed by atoms with Crippen LogP contribution in [0.2, 0.25) is 0 Å². The largest absolute Gasteiger partial charge is 0.493 e. The van der Waals surface area contributed by atoms with Gasteiger partial charge in [0.1, 0.15) is 5.54 Å². The van der Waals surface area contributed by atoms with Crippen LogP contribution < -0.4 is 20.1 Å². The summed E-state index contributed by atoms with van der Waals surface area (Å²) < 4.78 is 10.3. The molecule has 0 aliphatic heterocycles. The SMILES string of the molecule is CCC1CCC(NC(=O)CNC(=O)c2ccc(OC)c(OC)c2)(C(=O)O)CC1. The van der Waals surface area contributed by atoms with Crippen LogP contribution in [0.15, 0.2) is 18.2 Å². The van der Waals surface area contributed by atoms with Crippen LogP contribution in [0.4, 0.5) is 0 Å². The number of carboxylic acids is 1. The van der Waals surface area contributed by atoms with E-state index in [1.807, 2.05) is 0 Å². The Kier molecular flexibility index (Phi) is 7.25. The van der Waals surface area contributed by atoms with Crippen molar-refractivity contribution in [2.45, 2.75) is 44.6 Å². The maximum atomic E-state index is 12.3. The number of carbonyl (C=O) groups excluding carboxylic acids is 2. The van der Waals surface area contributed by atoms with E-state index in [9.17, 15) is 19.5 Å². The zero-order chi connectivity index (χ0) is 20.7. The van der Waals surface area contributed by atoms with Crippen LogP contribution in [0.25, 0.3) is 0 Å². The highest BCUT2D eigenvalue weighted by atomic mass is 16.5. The van der Waals surface area contributed by atoms with Crippen LogP contribution in [0, 0.1) is 5.92 Å². The number of benzene rings is 1. The zero-order valence-corrected chi connectivity index (χ0v) is 16.5. The normalized spacial score (nSPS) is 21.5. The Labute approximate surface area is 164 Å². The fourth-order valence-electron chi connectivity index (χ4n) is 3.52. The Morgan fingerprint density at radius 3 is 2.32 bits per heavy atom. The van der Waals surface area contributed by atoms with Crippen molar-refractivity contribution in [3.05, 3.63) is 23.8 Å². The molecule has 2 rings (SSSR count). The zero-order valence-electron chi connectivity index (χ0n) is 16.5. The third kappa shape index (κ3) is 4.94. The molecule has 0 saturated heterocycles. The first-order valence-electron chi connectivity index (χ1n) is 9.39. The first-order chi connectivity index (χ1) is 13.3. The summed E-state index contributed by atoms with van der Waals surface area (Å²) in [6.07, 6.45) is 3.33. The Morgan fingerprint density at radius 1 is 1.14 bits per heavy atom. The number of amides is 2. The third-order valence-electron chi connectivity index (χ3n) is 5.38. The van der Waals surface area contributed by atoms with Crippen LogP contribution in [0.5, 0.6) is 11.5 Å². The molecule has 154 valence electrons. The molecule has 1 saturated carbocycles. The van der Waals surface area contributed by atoms with Crippen molar-refractivity contribution in [1.82, 2.24) is 10.6 Å². The van der Waals surface area contributed by atoms with Crippen LogP contribution in [0.1, 0.15) is 49.4 Å². The maximum Gasteiger partial charge on any atom is 0.329 e. The third-order valence-corrected chi connectivity index (χ3v) is 5.38. The second-order valence-corrected chi connectivity index (χ2v) is 7.04. The van der Waals surface area contributed by atoms with Gasteiger partial charge in [-0.2, -0.15) is 0 Å². The van der Waals surface area contributed by atoms with Crippen molar-refractivity contribution in [2.24, 2.45) is 5.92 Å². The molecule has 0 spiro atoms. The molecule has 0 radical (unpaired) electrons. The smallest absolute Gasteiger partial charge is 0.329 e. The van der Waals surface area contributed by atoms with Crippen LogP contribution in [0.3, 0.4) is 0 Å². The van der Waals surface area contributed by atoms with Crippen molar-refractivity contribution >= 4 is 17.8 Å². The monoisotopic (exact) mass is 392 g/mol. The Morgan fingerprint density at radius 2 is 1.79 bits per heavy atom. The second-order valence-electron chi connectivity index (χ2n) is 7.04. The standard InChI is InChI=1S/C20H28N2O6/c1-4-13-7-9-20(10-8-13,19(25)26)22-17(23)12-21-18(24)14-5-6-15(27-2)16(11-14)28-3/h5-6,11,13H,4,7-10,12H2,1-3H3,(H,21,24)(H,22,23)(H,25,26). The molecule has 8 heteroatoms. The van der Waals surface area contributed by atoms with E-state index in [1.54, 1.807) is 12.1 Å². The minimum absolute atomic E-state index is 0.306. The van der Waals surface area contributed by atoms with E-state index < -0.39 is 23.3 Å². The molecule has 0 bridgehead atoms. The number of carbonyl (C=O) groups is 3. The molecular weight excluding hydrogens is 364 g/mol. The lowest BCUT2D eigenvalue weighted by atomic mass is 9.75. The lowest BCUT2D eigenvalue weighted by molar-refractivity contribution is -0.149. The Hall–Kier alpha value is -2.77. The van der Waals surface area contributed by atoms with Gasteiger partial charge in [0.2, 0.25) is 5.91 Å². The number of carboxylic acid groups (broad SMARTS) is 1. The molecule has 0 heterocycles. The van der Waals surface area contributed by atoms with Gasteiger partial charge in [-0.25, -0.2) is 4.79 Å². The summed E-state index contributed by atoms with van der Waals surface area (Å²) in [4.78, 5) is 36.4. The molecule has 8 nitrogen and oxygen atoms in total. The highest BCUT2D eigenvalue weighted by Crippen LogP contribution is 2.34. The fourth-order valence-corrected chi connectivity index (χ4v) is 3.52. The number of rotatable bonds is 8. The molecule has 0 unspecified atom stereocenters. The van der Waals surface area contributed by atoms with E-state index in [0.29, 0.717) is 35.8 Å². The molecule has 2 amide bonds. The molecule has 1 aromatic carbocycles. The first kappa shape index (κ1) is 21.5. The van der Waals surface area contributed by atoms with Crippen LogP contribution in [-0.4, -0.2) is 49.2 Å². The molecule has 0 atom stereocenters. The summed E-state index contributed by atoms with van der Waals surface area (Å²) in [5.74, 6) is -0.628. The van der Waals surface area contributed by atoms with Crippen molar-refractivity contribution in [1.29, 1.82) is 0 Å². The number of aliphatic carboxylic acids is 1. The van der Waals surface area contributed by atoms with E-state index >= 15 is 0 Å². The molecule has 1 aromatic rings. The van der Waals surface area contributed by atoms with Crippen molar-refractivity contribution in [3.63, 3.8) is 0 Å². The minimum Gasteiger partial charge on any atom is -0.493 e. The number of methoxy groups -OCH3 is 2. The maximum absolute atomic E-state index is 12.3. The molecule has 1 aliphatic carbocycles. The predicted molar refractivity (Wildman–Crippen MR) is 103 cm³/mol. The van der Waals surface area contributed by atoms with Gasteiger partial charge in [-0.1, -0.05) is 13.3 Å². The van der Waals surface area contributed by atoms with E-state index in [1.165, 1.54) is 20.3 Å². The molecule has 1 aliphatic rings. The summed E-state index contributed by atoms with van der Waals surface area (Å²) in [5, 5.41) is 14.8.